The number of carbonyl (C=O) groups excluding carboxylic acids is 2. The molecule has 4 heterocycles. The van der Waals surface area contributed by atoms with Crippen molar-refractivity contribution in [2.75, 3.05) is 6.54 Å². The lowest BCUT2D eigenvalue weighted by Crippen LogP contribution is -2.27. The summed E-state index contributed by atoms with van der Waals surface area (Å²) in [6, 6.07) is 17.6. The zero-order valence-electron chi connectivity index (χ0n) is 22.4. The lowest BCUT2D eigenvalue weighted by Gasteiger charge is -2.10. The maximum atomic E-state index is 13.1. The maximum Gasteiger partial charge on any atom is 0.416 e. The molecule has 0 saturated heterocycles. The summed E-state index contributed by atoms with van der Waals surface area (Å²) in [5.74, 6) is -0.0671. The summed E-state index contributed by atoms with van der Waals surface area (Å²) in [7, 11) is 0. The topological polar surface area (TPSA) is 76.2 Å². The fourth-order valence-corrected chi connectivity index (χ4v) is 6.08. The van der Waals surface area contributed by atoms with E-state index in [1.54, 1.807) is 12.3 Å². The van der Waals surface area contributed by atoms with Gasteiger partial charge in [-0.15, -0.1) is 0 Å². The monoisotopic (exact) mass is 569 g/mol. The number of nitrogens with one attached hydrogen (secondary N) is 2. The Hall–Kier alpha value is -4.99. The van der Waals surface area contributed by atoms with E-state index in [4.69, 9.17) is 0 Å². The highest BCUT2D eigenvalue weighted by Gasteiger charge is 2.30. The molecule has 1 amide bonds. The largest absolute Gasteiger partial charge is 0.416 e. The van der Waals surface area contributed by atoms with Crippen molar-refractivity contribution in [3.8, 4) is 0 Å². The van der Waals surface area contributed by atoms with Crippen LogP contribution in [-0.4, -0.2) is 37.3 Å². The van der Waals surface area contributed by atoms with E-state index >= 15 is 0 Å². The number of aldehydes is 1. The Morgan fingerprint density at radius 1 is 0.929 bits per heavy atom. The molecule has 212 valence electrons. The van der Waals surface area contributed by atoms with Gasteiger partial charge in [0.2, 0.25) is 5.91 Å². The predicted octanol–water partition coefficient (Wildman–Crippen LogP) is 6.91. The third-order valence-corrected chi connectivity index (χ3v) is 8.04. The second-order valence-corrected chi connectivity index (χ2v) is 10.5. The molecule has 3 aromatic carbocycles. The maximum absolute atomic E-state index is 13.1. The third-order valence-electron chi connectivity index (χ3n) is 8.04. The lowest BCUT2D eigenvalue weighted by atomic mass is 10.1. The minimum atomic E-state index is -4.39. The number of carbonyl (C=O) groups is 2. The van der Waals surface area contributed by atoms with Crippen molar-refractivity contribution in [2.45, 2.75) is 32.1 Å². The van der Waals surface area contributed by atoms with Gasteiger partial charge in [0.05, 0.1) is 22.1 Å². The van der Waals surface area contributed by atoms with E-state index in [1.165, 1.54) is 6.07 Å². The standard InChI is InChI=1S/C32H26F3N5O2/c33-32(34,35)22-7-10-26-20(16-22)17-29-38(14-15-39(26)29)13-11-36-28(42)6-3-12-40-27-5-2-1-4-24(27)25-9-8-23-21(19-41)18-37-30(23)31(25)40/h1-2,4-5,7-10,14-19,37H,3,6,11-13H2,(H,36,42). The Balaban J connectivity index is 1.03. The van der Waals surface area contributed by atoms with E-state index in [0.717, 1.165) is 56.8 Å². The smallest absolute Gasteiger partial charge is 0.359 e. The Bertz CT molecular complexity index is 2140. The number of nitrogens with zero attached hydrogens (tertiary/aromatic N) is 3. The number of hydrogen-bond acceptors (Lipinski definition) is 2. The summed E-state index contributed by atoms with van der Waals surface area (Å²) < 4.78 is 45.4. The molecule has 0 bridgehead atoms. The summed E-state index contributed by atoms with van der Waals surface area (Å²) in [4.78, 5) is 27.5. The molecular weight excluding hydrogens is 543 g/mol. The quantitative estimate of drug-likeness (QED) is 0.195. The minimum Gasteiger partial charge on any atom is -0.359 e. The van der Waals surface area contributed by atoms with Gasteiger partial charge < -0.3 is 23.8 Å². The van der Waals surface area contributed by atoms with E-state index in [-0.39, 0.29) is 5.91 Å². The van der Waals surface area contributed by atoms with E-state index < -0.39 is 11.7 Å². The predicted molar refractivity (Wildman–Crippen MR) is 157 cm³/mol. The van der Waals surface area contributed by atoms with Crippen LogP contribution in [0.5, 0.6) is 0 Å². The number of alkyl halides is 3. The molecule has 0 aliphatic rings. The Morgan fingerprint density at radius 3 is 2.60 bits per heavy atom. The van der Waals surface area contributed by atoms with Crippen LogP contribution in [-0.2, 0) is 24.1 Å². The van der Waals surface area contributed by atoms with Crippen molar-refractivity contribution < 1.29 is 22.8 Å². The number of benzene rings is 3. The molecule has 42 heavy (non-hydrogen) atoms. The molecule has 4 aromatic heterocycles. The highest BCUT2D eigenvalue weighted by atomic mass is 19.4. The number of aromatic amines is 1. The van der Waals surface area contributed by atoms with E-state index in [1.807, 2.05) is 45.6 Å². The SMILES string of the molecule is O=Cc1c[nH]c2c1ccc1c3ccccc3n(CCCC(=O)NCCn3ccn4c5ccc(C(F)(F)F)cc5cc34)c12. The number of aryl methyl sites for hydroxylation is 1. The second-order valence-electron chi connectivity index (χ2n) is 10.5. The first-order valence-corrected chi connectivity index (χ1v) is 13.7. The number of rotatable bonds is 8. The van der Waals surface area contributed by atoms with E-state index in [2.05, 4.69) is 27.0 Å². The lowest BCUT2D eigenvalue weighted by molar-refractivity contribution is -0.137. The number of hydrogen-bond donors (Lipinski definition) is 2. The zero-order valence-corrected chi connectivity index (χ0v) is 22.4. The normalized spacial score (nSPS) is 12.4. The third kappa shape index (κ3) is 4.22. The van der Waals surface area contributed by atoms with Gasteiger partial charge in [-0.3, -0.25) is 9.59 Å². The Morgan fingerprint density at radius 2 is 1.76 bits per heavy atom. The molecule has 10 heteroatoms. The molecule has 0 fully saturated rings. The first-order valence-electron chi connectivity index (χ1n) is 13.7. The van der Waals surface area contributed by atoms with Gasteiger partial charge in [-0.1, -0.05) is 30.3 Å². The van der Waals surface area contributed by atoms with Crippen LogP contribution in [0.2, 0.25) is 0 Å². The van der Waals surface area contributed by atoms with Gasteiger partial charge in [0.25, 0.3) is 0 Å². The van der Waals surface area contributed by atoms with Crippen LogP contribution in [0.3, 0.4) is 0 Å². The number of imidazole rings is 1. The van der Waals surface area contributed by atoms with Gasteiger partial charge in [-0.05, 0) is 36.8 Å². The van der Waals surface area contributed by atoms with Crippen molar-refractivity contribution in [3.05, 3.63) is 90.4 Å². The Kier molecular flexibility index (Phi) is 6.07. The van der Waals surface area contributed by atoms with Crippen LogP contribution >= 0.6 is 0 Å². The highest BCUT2D eigenvalue weighted by molar-refractivity contribution is 6.18. The molecule has 0 atom stereocenters. The minimum absolute atomic E-state index is 0.0671. The van der Waals surface area contributed by atoms with Crippen LogP contribution in [0.25, 0.3) is 49.3 Å². The van der Waals surface area contributed by atoms with Crippen LogP contribution in [0.15, 0.2) is 79.3 Å². The molecule has 0 saturated carbocycles. The first kappa shape index (κ1) is 25.9. The van der Waals surface area contributed by atoms with Crippen LogP contribution in [0, 0.1) is 0 Å². The van der Waals surface area contributed by atoms with Gasteiger partial charge >= 0.3 is 6.18 Å². The second kappa shape index (κ2) is 9.83. The molecule has 7 nitrogen and oxygen atoms in total. The van der Waals surface area contributed by atoms with Gasteiger partial charge in [0, 0.05) is 77.3 Å². The van der Waals surface area contributed by atoms with Crippen molar-refractivity contribution in [1.29, 1.82) is 0 Å². The number of H-pyrrole nitrogens is 1. The number of halogens is 3. The zero-order chi connectivity index (χ0) is 29.0. The van der Waals surface area contributed by atoms with Crippen molar-refractivity contribution >= 4 is 61.5 Å². The van der Waals surface area contributed by atoms with Crippen LogP contribution in [0.4, 0.5) is 13.2 Å². The van der Waals surface area contributed by atoms with Gasteiger partial charge in [0.1, 0.15) is 5.65 Å². The highest BCUT2D eigenvalue weighted by Crippen LogP contribution is 2.35. The van der Waals surface area contributed by atoms with Crippen LogP contribution < -0.4 is 5.32 Å². The van der Waals surface area contributed by atoms with Crippen LogP contribution in [0.1, 0.15) is 28.8 Å². The first-order chi connectivity index (χ1) is 20.3. The molecule has 7 rings (SSSR count). The summed E-state index contributed by atoms with van der Waals surface area (Å²) in [5, 5.41) is 6.57. The molecule has 0 radical (unpaired) electrons. The fraction of sp³-hybridized carbons (Fsp3) is 0.188. The average molecular weight is 570 g/mol. The van der Waals surface area contributed by atoms with E-state index in [0.29, 0.717) is 48.9 Å². The number of amides is 1. The molecule has 0 spiro atoms. The van der Waals surface area contributed by atoms with Gasteiger partial charge in [-0.25, -0.2) is 0 Å². The molecule has 7 aromatic rings. The fourth-order valence-electron chi connectivity index (χ4n) is 6.08. The van der Waals surface area contributed by atoms with Gasteiger partial charge in [-0.2, -0.15) is 13.2 Å². The number of para-hydroxylation sites is 1. The molecule has 0 aliphatic carbocycles. The molecule has 0 aliphatic heterocycles. The summed E-state index contributed by atoms with van der Waals surface area (Å²) in [5.41, 5.74) is 4.39. The van der Waals surface area contributed by atoms with E-state index in [9.17, 15) is 22.8 Å². The number of aromatic nitrogens is 4. The summed E-state index contributed by atoms with van der Waals surface area (Å²) in [6.07, 6.45) is 2.82. The van der Waals surface area contributed by atoms with Crippen molar-refractivity contribution in [1.82, 2.24) is 23.8 Å². The number of fused-ring (bicyclic) bond motifs is 8. The van der Waals surface area contributed by atoms with Gasteiger partial charge in [0.15, 0.2) is 6.29 Å². The molecule has 0 unspecified atom stereocenters. The van der Waals surface area contributed by atoms with Crippen molar-refractivity contribution in [3.63, 3.8) is 0 Å². The van der Waals surface area contributed by atoms with Crippen molar-refractivity contribution in [2.24, 2.45) is 0 Å². The molecule has 2 N–H and O–H groups in total. The Labute approximate surface area is 237 Å². The molecular formula is C32H26F3N5O2. The average Bonchev–Trinajstić information content (AvgIpc) is 3.73. The summed E-state index contributed by atoms with van der Waals surface area (Å²) >= 11 is 0. The summed E-state index contributed by atoms with van der Waals surface area (Å²) in [6.45, 7) is 1.51.